The molecule has 1 aliphatic heterocycles. The van der Waals surface area contributed by atoms with Crippen LogP contribution in [0.3, 0.4) is 0 Å². The molecule has 0 spiro atoms. The molecule has 4 atom stereocenters. The minimum atomic E-state index is 0.245. The highest BCUT2D eigenvalue weighted by atomic mass is 15.4. The zero-order valence-corrected chi connectivity index (χ0v) is 11.5. The quantitative estimate of drug-likeness (QED) is 0.849. The van der Waals surface area contributed by atoms with Crippen molar-refractivity contribution in [3.63, 3.8) is 0 Å². The number of fused-ring (bicyclic) bond motifs is 1. The largest absolute Gasteiger partial charge is 0.335 e. The molecule has 3 N–H and O–H groups in total. The highest BCUT2D eigenvalue weighted by molar-refractivity contribution is 5.33. The van der Waals surface area contributed by atoms with Crippen molar-refractivity contribution in [2.45, 2.75) is 57.0 Å². The van der Waals surface area contributed by atoms with E-state index >= 15 is 0 Å². The first-order valence-electron chi connectivity index (χ1n) is 7.67. The van der Waals surface area contributed by atoms with E-state index in [0.717, 1.165) is 43.0 Å². The Labute approximate surface area is 114 Å². The first-order chi connectivity index (χ1) is 9.22. The van der Waals surface area contributed by atoms with Crippen molar-refractivity contribution in [3.05, 3.63) is 5.82 Å². The minimum Gasteiger partial charge on any atom is -0.335 e. The number of anilines is 1. The van der Waals surface area contributed by atoms with E-state index < -0.39 is 0 Å². The molecule has 19 heavy (non-hydrogen) atoms. The third-order valence-electron chi connectivity index (χ3n) is 5.43. The third-order valence-corrected chi connectivity index (χ3v) is 5.43. The fraction of sp³-hybridized carbons (Fsp3) is 0.857. The summed E-state index contributed by atoms with van der Waals surface area (Å²) >= 11 is 0. The molecule has 0 radical (unpaired) electrons. The van der Waals surface area contributed by atoms with Gasteiger partial charge in [-0.3, -0.25) is 5.10 Å². The molecular formula is C14H23N5. The Balaban J connectivity index is 1.50. The topological polar surface area (TPSA) is 70.8 Å². The van der Waals surface area contributed by atoms with Crippen molar-refractivity contribution in [2.24, 2.45) is 17.6 Å². The highest BCUT2D eigenvalue weighted by Gasteiger charge is 2.47. The standard InChI is InChI=1S/C14H23N5/c1-8-12(15)3-2-4-19(8)14-16-13(17-18-14)11-6-9-5-10(9)7-11/h8-12H,2-7,15H2,1H3,(H,16,17,18). The Kier molecular flexibility index (Phi) is 2.59. The molecule has 2 saturated carbocycles. The van der Waals surface area contributed by atoms with Crippen molar-refractivity contribution < 1.29 is 0 Å². The maximum Gasteiger partial charge on any atom is 0.245 e. The third kappa shape index (κ3) is 1.95. The number of H-pyrrole nitrogens is 1. The fourth-order valence-corrected chi connectivity index (χ4v) is 3.97. The predicted molar refractivity (Wildman–Crippen MR) is 74.0 cm³/mol. The number of hydrogen-bond donors (Lipinski definition) is 2. The Morgan fingerprint density at radius 1 is 1.26 bits per heavy atom. The number of piperidine rings is 1. The van der Waals surface area contributed by atoms with Crippen LogP contribution >= 0.6 is 0 Å². The van der Waals surface area contributed by atoms with Crippen molar-refractivity contribution in [2.75, 3.05) is 11.4 Å². The number of hydrogen-bond acceptors (Lipinski definition) is 4. The van der Waals surface area contributed by atoms with Gasteiger partial charge in [-0.1, -0.05) is 0 Å². The summed E-state index contributed by atoms with van der Waals surface area (Å²) in [5.41, 5.74) is 6.15. The van der Waals surface area contributed by atoms with Gasteiger partial charge in [-0.15, -0.1) is 5.10 Å². The van der Waals surface area contributed by atoms with E-state index in [4.69, 9.17) is 10.7 Å². The molecule has 0 aromatic carbocycles. The Bertz CT molecular complexity index is 460. The molecule has 1 aromatic rings. The molecule has 1 saturated heterocycles. The normalized spacial score (nSPS) is 41.4. The van der Waals surface area contributed by atoms with Crippen LogP contribution in [-0.4, -0.2) is 33.8 Å². The fourth-order valence-electron chi connectivity index (χ4n) is 3.97. The summed E-state index contributed by atoms with van der Waals surface area (Å²) in [6.45, 7) is 3.21. The number of aromatic amines is 1. The summed E-state index contributed by atoms with van der Waals surface area (Å²) in [5, 5.41) is 7.62. The zero-order chi connectivity index (χ0) is 13.0. The Hall–Kier alpha value is -1.10. The van der Waals surface area contributed by atoms with Gasteiger partial charge in [0.05, 0.1) is 0 Å². The average molecular weight is 261 g/mol. The summed E-state index contributed by atoms with van der Waals surface area (Å²) in [7, 11) is 0. The molecule has 3 fully saturated rings. The Morgan fingerprint density at radius 2 is 2.05 bits per heavy atom. The van der Waals surface area contributed by atoms with E-state index in [0.29, 0.717) is 12.0 Å². The lowest BCUT2D eigenvalue weighted by atomic mass is 9.99. The number of nitrogens with two attached hydrogens (primary N) is 1. The van der Waals surface area contributed by atoms with Crippen LogP contribution in [0.25, 0.3) is 0 Å². The van der Waals surface area contributed by atoms with Gasteiger partial charge < -0.3 is 10.6 Å². The SMILES string of the molecule is CC1C(N)CCCN1c1n[nH]c(C2CC3CC3C2)n1. The van der Waals surface area contributed by atoms with E-state index in [1.807, 2.05) is 0 Å². The molecule has 0 amide bonds. The molecule has 0 bridgehead atoms. The lowest BCUT2D eigenvalue weighted by molar-refractivity contribution is 0.415. The van der Waals surface area contributed by atoms with Gasteiger partial charge in [0.25, 0.3) is 0 Å². The van der Waals surface area contributed by atoms with Gasteiger partial charge in [-0.25, -0.2) is 0 Å². The van der Waals surface area contributed by atoms with Crippen LogP contribution in [-0.2, 0) is 0 Å². The smallest absolute Gasteiger partial charge is 0.245 e. The Morgan fingerprint density at radius 3 is 2.84 bits per heavy atom. The molecule has 3 aliphatic rings. The molecule has 4 unspecified atom stereocenters. The minimum absolute atomic E-state index is 0.245. The summed E-state index contributed by atoms with van der Waals surface area (Å²) in [5.74, 6) is 4.56. The molecular weight excluding hydrogens is 238 g/mol. The van der Waals surface area contributed by atoms with Gasteiger partial charge >= 0.3 is 0 Å². The zero-order valence-electron chi connectivity index (χ0n) is 11.5. The monoisotopic (exact) mass is 261 g/mol. The van der Waals surface area contributed by atoms with Crippen LogP contribution in [0.5, 0.6) is 0 Å². The van der Waals surface area contributed by atoms with Gasteiger partial charge in [-0.05, 0) is 50.9 Å². The van der Waals surface area contributed by atoms with E-state index in [-0.39, 0.29) is 6.04 Å². The van der Waals surface area contributed by atoms with Crippen LogP contribution in [0.15, 0.2) is 0 Å². The summed E-state index contributed by atoms with van der Waals surface area (Å²) < 4.78 is 0. The number of aromatic nitrogens is 3. The van der Waals surface area contributed by atoms with Gasteiger partial charge in [-0.2, -0.15) is 4.98 Å². The highest BCUT2D eigenvalue weighted by Crippen LogP contribution is 2.57. The molecule has 2 heterocycles. The van der Waals surface area contributed by atoms with Crippen LogP contribution in [0.1, 0.15) is 50.8 Å². The number of rotatable bonds is 2. The van der Waals surface area contributed by atoms with Gasteiger partial charge in [0, 0.05) is 24.5 Å². The van der Waals surface area contributed by atoms with E-state index in [2.05, 4.69) is 22.0 Å². The number of nitrogens with one attached hydrogen (secondary N) is 1. The van der Waals surface area contributed by atoms with Crippen molar-refractivity contribution in [1.29, 1.82) is 0 Å². The van der Waals surface area contributed by atoms with Crippen LogP contribution in [0, 0.1) is 11.8 Å². The molecule has 1 aromatic heterocycles. The van der Waals surface area contributed by atoms with Gasteiger partial charge in [0.15, 0.2) is 0 Å². The first-order valence-corrected chi connectivity index (χ1v) is 7.67. The van der Waals surface area contributed by atoms with E-state index in [1.54, 1.807) is 0 Å². The van der Waals surface area contributed by atoms with E-state index in [1.165, 1.54) is 19.3 Å². The summed E-state index contributed by atoms with van der Waals surface area (Å²) in [6.07, 6.45) is 6.34. The lowest BCUT2D eigenvalue weighted by Crippen LogP contribution is -2.51. The van der Waals surface area contributed by atoms with Crippen molar-refractivity contribution in [3.8, 4) is 0 Å². The molecule has 2 aliphatic carbocycles. The first kappa shape index (κ1) is 11.7. The van der Waals surface area contributed by atoms with Crippen molar-refractivity contribution in [1.82, 2.24) is 15.2 Å². The van der Waals surface area contributed by atoms with Crippen LogP contribution < -0.4 is 10.6 Å². The second-order valence-electron chi connectivity index (χ2n) is 6.68. The lowest BCUT2D eigenvalue weighted by Gasteiger charge is -2.36. The maximum atomic E-state index is 6.15. The maximum absolute atomic E-state index is 6.15. The van der Waals surface area contributed by atoms with Gasteiger partial charge in [0.1, 0.15) is 5.82 Å². The molecule has 4 rings (SSSR count). The molecule has 5 nitrogen and oxygen atoms in total. The van der Waals surface area contributed by atoms with Crippen LogP contribution in [0.2, 0.25) is 0 Å². The average Bonchev–Trinajstić information content (AvgIpc) is 2.85. The van der Waals surface area contributed by atoms with Crippen LogP contribution in [0.4, 0.5) is 5.95 Å². The second-order valence-corrected chi connectivity index (χ2v) is 6.68. The summed E-state index contributed by atoms with van der Waals surface area (Å²) in [6, 6.07) is 0.587. The predicted octanol–water partition coefficient (Wildman–Crippen LogP) is 1.63. The molecule has 104 valence electrons. The van der Waals surface area contributed by atoms with Gasteiger partial charge in [0.2, 0.25) is 5.95 Å². The second kappa shape index (κ2) is 4.20. The number of nitrogens with zero attached hydrogens (tertiary/aromatic N) is 3. The van der Waals surface area contributed by atoms with E-state index in [9.17, 15) is 0 Å². The molecule has 5 heteroatoms. The summed E-state index contributed by atoms with van der Waals surface area (Å²) in [4.78, 5) is 7.03. The van der Waals surface area contributed by atoms with Crippen molar-refractivity contribution >= 4 is 5.95 Å².